The maximum atomic E-state index is 13.4. The lowest BCUT2D eigenvalue weighted by Crippen LogP contribution is -2.63. The van der Waals surface area contributed by atoms with Gasteiger partial charge in [0.15, 0.2) is 18.0 Å². The predicted octanol–water partition coefficient (Wildman–Crippen LogP) is 3.10. The zero-order chi connectivity index (χ0) is 24.9. The Morgan fingerprint density at radius 2 is 1.82 bits per heavy atom. The summed E-state index contributed by atoms with van der Waals surface area (Å²) in [5, 5.41) is 0. The van der Waals surface area contributed by atoms with Gasteiger partial charge in [0.05, 0.1) is 0 Å². The van der Waals surface area contributed by atoms with E-state index in [1.54, 1.807) is 6.08 Å². The van der Waals surface area contributed by atoms with Crippen molar-refractivity contribution >= 4 is 30.0 Å². The monoisotopic (exact) mass is 474 g/mol. The van der Waals surface area contributed by atoms with Gasteiger partial charge in [-0.1, -0.05) is 19.4 Å². The number of carbonyl (C=O) groups excluding carboxylic acids is 5. The van der Waals surface area contributed by atoms with Crippen LogP contribution in [0.2, 0.25) is 0 Å². The van der Waals surface area contributed by atoms with Gasteiger partial charge in [-0.25, -0.2) is 0 Å². The number of ketones is 2. The fourth-order valence-electron chi connectivity index (χ4n) is 8.12. The van der Waals surface area contributed by atoms with Crippen LogP contribution in [0.4, 0.5) is 0 Å². The topological polar surface area (TPSA) is 113 Å². The Labute approximate surface area is 199 Å². The first kappa shape index (κ1) is 24.6. The molecule has 8 nitrogen and oxygen atoms in total. The third-order valence-electron chi connectivity index (χ3n) is 9.36. The number of carbonyl (C=O) groups is 5. The zero-order valence-corrected chi connectivity index (χ0v) is 20.4. The molecule has 0 aromatic rings. The van der Waals surface area contributed by atoms with Crippen LogP contribution in [0, 0.1) is 28.6 Å². The summed E-state index contributed by atoms with van der Waals surface area (Å²) in [4.78, 5) is 60.8. The quantitative estimate of drug-likeness (QED) is 0.328. The first-order chi connectivity index (χ1) is 16.0. The van der Waals surface area contributed by atoms with Gasteiger partial charge in [0.2, 0.25) is 5.78 Å². The van der Waals surface area contributed by atoms with Crippen LogP contribution in [0.5, 0.6) is 0 Å². The fourth-order valence-corrected chi connectivity index (χ4v) is 8.12. The summed E-state index contributed by atoms with van der Waals surface area (Å²) in [7, 11) is 0. The van der Waals surface area contributed by atoms with E-state index in [0.717, 1.165) is 18.4 Å². The third-order valence-corrected chi connectivity index (χ3v) is 9.36. The van der Waals surface area contributed by atoms with E-state index in [2.05, 4.69) is 6.92 Å². The number of hydrogen-bond donors (Lipinski definition) is 0. The summed E-state index contributed by atoms with van der Waals surface area (Å²) in [6.45, 7) is 6.53. The molecule has 7 atom stereocenters. The second-order valence-corrected chi connectivity index (χ2v) is 10.9. The lowest BCUT2D eigenvalue weighted by atomic mass is 9.45. The third kappa shape index (κ3) is 3.60. The van der Waals surface area contributed by atoms with Crippen molar-refractivity contribution < 1.29 is 38.2 Å². The maximum absolute atomic E-state index is 13.4. The van der Waals surface area contributed by atoms with Gasteiger partial charge >= 0.3 is 11.9 Å². The van der Waals surface area contributed by atoms with Gasteiger partial charge in [0, 0.05) is 31.6 Å². The van der Waals surface area contributed by atoms with Crippen LogP contribution in [0.25, 0.3) is 0 Å². The number of allylic oxidation sites excluding steroid dienone is 1. The summed E-state index contributed by atoms with van der Waals surface area (Å²) in [5.74, 6) is -1.06. The van der Waals surface area contributed by atoms with Gasteiger partial charge in [-0.05, 0) is 61.9 Å². The van der Waals surface area contributed by atoms with E-state index in [9.17, 15) is 24.0 Å². The lowest BCUT2D eigenvalue weighted by molar-refractivity contribution is -0.207. The summed E-state index contributed by atoms with van der Waals surface area (Å²) in [5.41, 5.74) is -1.37. The van der Waals surface area contributed by atoms with Crippen molar-refractivity contribution in [2.75, 3.05) is 6.61 Å². The molecule has 4 aliphatic rings. The molecule has 0 unspecified atom stereocenters. The highest BCUT2D eigenvalue weighted by atomic mass is 16.6. The predicted molar refractivity (Wildman–Crippen MR) is 119 cm³/mol. The molecule has 0 amide bonds. The molecule has 0 radical (unpaired) electrons. The van der Waals surface area contributed by atoms with Crippen LogP contribution in [0.3, 0.4) is 0 Å². The van der Waals surface area contributed by atoms with Crippen LogP contribution in [0.1, 0.15) is 72.6 Å². The Hall–Kier alpha value is -2.51. The van der Waals surface area contributed by atoms with Crippen LogP contribution >= 0.6 is 0 Å². The van der Waals surface area contributed by atoms with Crippen LogP contribution in [0.15, 0.2) is 11.6 Å². The van der Waals surface area contributed by atoms with Crippen molar-refractivity contribution in [1.82, 2.24) is 0 Å². The SMILES string of the molecule is CC(=O)O[C@H]1C[C@@]2(C)[C@@H](CC[C@]2(OC(C)=O)C(=O)COC=O)[C@@H]2CCC3=CC(=O)CC[C@]3(C)[C@H]21. The number of fused-ring (bicyclic) bond motifs is 5. The largest absolute Gasteiger partial charge is 0.462 e. The number of Topliss-reactive ketones (excluding diaryl/α,β-unsaturated/α-hetero) is 1. The molecule has 4 rings (SSSR count). The molecule has 3 fully saturated rings. The fraction of sp³-hybridized carbons (Fsp3) is 0.731. The summed E-state index contributed by atoms with van der Waals surface area (Å²) in [6.07, 6.45) is 5.45. The van der Waals surface area contributed by atoms with Crippen LogP contribution in [-0.4, -0.2) is 48.3 Å². The molecule has 0 spiro atoms. The van der Waals surface area contributed by atoms with E-state index in [1.165, 1.54) is 13.8 Å². The molecule has 0 bridgehead atoms. The second-order valence-electron chi connectivity index (χ2n) is 10.9. The molecular weight excluding hydrogens is 440 g/mol. The van der Waals surface area contributed by atoms with E-state index in [0.29, 0.717) is 32.1 Å². The number of ether oxygens (including phenoxy) is 3. The molecule has 0 heterocycles. The normalized spacial score (nSPS) is 40.7. The average Bonchev–Trinajstić information content (AvgIpc) is 3.04. The van der Waals surface area contributed by atoms with Gasteiger partial charge in [-0.15, -0.1) is 0 Å². The van der Waals surface area contributed by atoms with Crippen molar-refractivity contribution in [1.29, 1.82) is 0 Å². The standard InChI is InChI=1S/C26H34O8/c1-15(28)33-21-12-25(4)20(8-10-26(25,34-16(2)29)22(31)13-32-14-27)19-6-5-17-11-18(30)7-9-24(17,3)23(19)21/h11,14,19-21,23H,5-10,12-13H2,1-4H3/t19-,20-,21-,23+,24-,25-,26-/m0/s1. The smallest absolute Gasteiger partial charge is 0.303 e. The second kappa shape index (κ2) is 8.61. The van der Waals surface area contributed by atoms with Crippen LogP contribution in [-0.2, 0) is 38.2 Å². The van der Waals surface area contributed by atoms with E-state index in [4.69, 9.17) is 14.2 Å². The zero-order valence-electron chi connectivity index (χ0n) is 20.4. The highest BCUT2D eigenvalue weighted by Gasteiger charge is 2.71. The summed E-state index contributed by atoms with van der Waals surface area (Å²) >= 11 is 0. The molecule has 3 saturated carbocycles. The Balaban J connectivity index is 1.80. The molecular formula is C26H34O8. The molecule has 8 heteroatoms. The first-order valence-corrected chi connectivity index (χ1v) is 12.2. The number of rotatable bonds is 6. The lowest BCUT2D eigenvalue weighted by Gasteiger charge is -2.61. The maximum Gasteiger partial charge on any atom is 0.303 e. The molecule has 0 N–H and O–H groups in total. The Bertz CT molecular complexity index is 952. The first-order valence-electron chi connectivity index (χ1n) is 12.2. The van der Waals surface area contributed by atoms with E-state index in [-0.39, 0.29) is 35.4 Å². The Morgan fingerprint density at radius 1 is 1.09 bits per heavy atom. The van der Waals surface area contributed by atoms with Gasteiger partial charge in [-0.3, -0.25) is 24.0 Å². The van der Waals surface area contributed by atoms with Gasteiger partial charge < -0.3 is 14.2 Å². The van der Waals surface area contributed by atoms with Crippen molar-refractivity contribution in [2.24, 2.45) is 28.6 Å². The minimum absolute atomic E-state index is 0.0111. The minimum Gasteiger partial charge on any atom is -0.462 e. The molecule has 0 aromatic heterocycles. The summed E-state index contributed by atoms with van der Waals surface area (Å²) in [6, 6.07) is 0. The van der Waals surface area contributed by atoms with E-state index < -0.39 is 41.4 Å². The van der Waals surface area contributed by atoms with E-state index in [1.807, 2.05) is 6.92 Å². The Morgan fingerprint density at radius 3 is 2.47 bits per heavy atom. The number of esters is 2. The van der Waals surface area contributed by atoms with Crippen molar-refractivity contribution in [3.63, 3.8) is 0 Å². The Kier molecular flexibility index (Phi) is 6.23. The molecule has 0 saturated heterocycles. The molecule has 186 valence electrons. The van der Waals surface area contributed by atoms with Crippen molar-refractivity contribution in [3.8, 4) is 0 Å². The molecule has 4 aliphatic carbocycles. The van der Waals surface area contributed by atoms with Gasteiger partial charge in [0.25, 0.3) is 6.47 Å². The average molecular weight is 475 g/mol. The van der Waals surface area contributed by atoms with Gasteiger partial charge in [-0.2, -0.15) is 0 Å². The van der Waals surface area contributed by atoms with Crippen LogP contribution < -0.4 is 0 Å². The highest BCUT2D eigenvalue weighted by Crippen LogP contribution is 2.68. The number of hydrogen-bond acceptors (Lipinski definition) is 8. The molecule has 0 aromatic carbocycles. The van der Waals surface area contributed by atoms with Crippen molar-refractivity contribution in [2.45, 2.75) is 84.3 Å². The van der Waals surface area contributed by atoms with Gasteiger partial charge in [0.1, 0.15) is 6.10 Å². The minimum atomic E-state index is -1.45. The molecule has 0 aliphatic heterocycles. The summed E-state index contributed by atoms with van der Waals surface area (Å²) < 4.78 is 16.6. The van der Waals surface area contributed by atoms with E-state index >= 15 is 0 Å². The van der Waals surface area contributed by atoms with Crippen molar-refractivity contribution in [3.05, 3.63) is 11.6 Å². The highest BCUT2D eigenvalue weighted by molar-refractivity contribution is 5.93. The molecule has 34 heavy (non-hydrogen) atoms.